The number of oxime groups is 1. The summed E-state index contributed by atoms with van der Waals surface area (Å²) in [6, 6.07) is 15.8. The van der Waals surface area contributed by atoms with E-state index in [-0.39, 0.29) is 18.2 Å². The summed E-state index contributed by atoms with van der Waals surface area (Å²) in [6.45, 7) is 2.66. The second-order valence-electron chi connectivity index (χ2n) is 7.39. The largest absolute Gasteiger partial charge is 0.493 e. The van der Waals surface area contributed by atoms with E-state index in [4.69, 9.17) is 24.8 Å². The molecule has 3 rings (SSSR count). The van der Waals surface area contributed by atoms with E-state index in [1.54, 1.807) is 43.5 Å². The first kappa shape index (κ1) is 25.7. The molecule has 0 atom stereocenters. The highest BCUT2D eigenvalue weighted by Crippen LogP contribution is 2.29. The number of hydrazone groups is 2. The monoisotopic (exact) mass is 487 g/mol. The van der Waals surface area contributed by atoms with Crippen molar-refractivity contribution in [2.45, 2.75) is 19.8 Å². The SMILES string of the molecule is CCOc1cc(C2=NN(C(=O)CO/N=C/c3ccc(NN=C(C#N)C#N)cc3)CCC2)ccc1OC. The Kier molecular flexibility index (Phi) is 9.36. The molecule has 1 aliphatic heterocycles. The quantitative estimate of drug-likeness (QED) is 0.400. The van der Waals surface area contributed by atoms with E-state index in [2.05, 4.69) is 20.8 Å². The Bertz CT molecular complexity index is 1220. The number of anilines is 1. The maximum atomic E-state index is 12.6. The number of nitriles is 2. The first-order valence-corrected chi connectivity index (χ1v) is 11.2. The average molecular weight is 488 g/mol. The van der Waals surface area contributed by atoms with E-state index in [1.165, 1.54) is 11.2 Å². The summed E-state index contributed by atoms with van der Waals surface area (Å²) in [4.78, 5) is 17.8. The fourth-order valence-electron chi connectivity index (χ4n) is 3.25. The van der Waals surface area contributed by atoms with E-state index in [0.717, 1.165) is 29.7 Å². The summed E-state index contributed by atoms with van der Waals surface area (Å²) < 4.78 is 11.0. The lowest BCUT2D eigenvalue weighted by Crippen LogP contribution is -2.34. The lowest BCUT2D eigenvalue weighted by molar-refractivity contribution is -0.136. The fourth-order valence-corrected chi connectivity index (χ4v) is 3.25. The van der Waals surface area contributed by atoms with Crippen LogP contribution in [-0.4, -0.2) is 55.4 Å². The van der Waals surface area contributed by atoms with E-state index in [0.29, 0.717) is 30.3 Å². The fraction of sp³-hybridized carbons (Fsp3) is 0.280. The van der Waals surface area contributed by atoms with E-state index in [1.807, 2.05) is 25.1 Å². The topological polar surface area (TPSA) is 145 Å². The number of ether oxygens (including phenoxy) is 2. The Labute approximate surface area is 208 Å². The van der Waals surface area contributed by atoms with Gasteiger partial charge in [-0.3, -0.25) is 10.2 Å². The molecule has 0 aromatic heterocycles. The molecule has 1 N–H and O–H groups in total. The van der Waals surface area contributed by atoms with Crippen molar-refractivity contribution in [1.29, 1.82) is 10.5 Å². The molecule has 0 saturated heterocycles. The van der Waals surface area contributed by atoms with Gasteiger partial charge in [-0.15, -0.1) is 0 Å². The predicted octanol–water partition coefficient (Wildman–Crippen LogP) is 3.29. The van der Waals surface area contributed by atoms with E-state index >= 15 is 0 Å². The number of nitrogens with one attached hydrogen (secondary N) is 1. The molecule has 2 aromatic rings. The molecule has 1 aliphatic rings. The zero-order valence-electron chi connectivity index (χ0n) is 20.0. The van der Waals surface area contributed by atoms with Crippen molar-refractivity contribution in [2.24, 2.45) is 15.4 Å². The number of hydrogen-bond donors (Lipinski definition) is 1. The summed E-state index contributed by atoms with van der Waals surface area (Å²) in [6.07, 6.45) is 2.98. The number of amides is 1. The predicted molar refractivity (Wildman–Crippen MR) is 134 cm³/mol. The van der Waals surface area contributed by atoms with Gasteiger partial charge in [0.15, 0.2) is 18.1 Å². The van der Waals surface area contributed by atoms with Crippen LogP contribution in [0.15, 0.2) is 57.8 Å². The minimum absolute atomic E-state index is 0.250. The van der Waals surface area contributed by atoms with Crippen LogP contribution in [0.4, 0.5) is 5.69 Å². The molecule has 0 radical (unpaired) electrons. The first-order valence-electron chi connectivity index (χ1n) is 11.2. The molecule has 1 heterocycles. The summed E-state index contributed by atoms with van der Waals surface area (Å²) in [5.41, 5.74) is 5.31. The van der Waals surface area contributed by atoms with Crippen molar-refractivity contribution < 1.29 is 19.1 Å². The number of methoxy groups -OCH3 is 1. The Balaban J connectivity index is 1.55. The number of carbonyl (C=O) groups is 1. The maximum absolute atomic E-state index is 12.6. The number of nitrogens with zero attached hydrogens (tertiary/aromatic N) is 6. The van der Waals surface area contributed by atoms with Gasteiger partial charge in [0.05, 0.1) is 31.3 Å². The Morgan fingerprint density at radius 1 is 1.19 bits per heavy atom. The molecule has 0 unspecified atom stereocenters. The van der Waals surface area contributed by atoms with Crippen LogP contribution in [0.25, 0.3) is 0 Å². The molecule has 184 valence electrons. The molecule has 2 aromatic carbocycles. The minimum atomic E-state index is -0.300. The van der Waals surface area contributed by atoms with Gasteiger partial charge in [0.1, 0.15) is 12.1 Å². The summed E-state index contributed by atoms with van der Waals surface area (Å²) >= 11 is 0. The van der Waals surface area contributed by atoms with Crippen LogP contribution in [0.3, 0.4) is 0 Å². The number of benzene rings is 2. The van der Waals surface area contributed by atoms with Gasteiger partial charge < -0.3 is 14.3 Å². The summed E-state index contributed by atoms with van der Waals surface area (Å²) in [7, 11) is 1.59. The number of hydrogen-bond acceptors (Lipinski definition) is 10. The molecule has 1 amide bonds. The van der Waals surface area contributed by atoms with Crippen molar-refractivity contribution in [3.63, 3.8) is 0 Å². The van der Waals surface area contributed by atoms with Gasteiger partial charge in [-0.05, 0) is 55.7 Å². The molecule has 0 aliphatic carbocycles. The third kappa shape index (κ3) is 7.05. The molecule has 0 spiro atoms. The second kappa shape index (κ2) is 13.1. The van der Waals surface area contributed by atoms with Gasteiger partial charge in [0.2, 0.25) is 5.71 Å². The molecule has 11 nitrogen and oxygen atoms in total. The van der Waals surface area contributed by atoms with Gasteiger partial charge in [-0.1, -0.05) is 17.3 Å². The highest BCUT2D eigenvalue weighted by atomic mass is 16.6. The van der Waals surface area contributed by atoms with Crippen molar-refractivity contribution in [2.75, 3.05) is 32.3 Å². The molecular formula is C25H25N7O4. The standard InChI is InChI=1S/C25H25N7O4/c1-3-35-24-13-19(8-11-23(24)34-2)22-5-4-12-32(31-22)25(33)17-36-28-16-18-6-9-20(10-7-18)29-30-21(14-26)15-27/h6-11,13,16,29H,3-5,12,17H2,1-2H3/b28-16+. The lowest BCUT2D eigenvalue weighted by Gasteiger charge is -2.23. The molecule has 36 heavy (non-hydrogen) atoms. The minimum Gasteiger partial charge on any atom is -0.493 e. The third-order valence-corrected chi connectivity index (χ3v) is 4.99. The van der Waals surface area contributed by atoms with Crippen LogP contribution in [0.5, 0.6) is 11.5 Å². The van der Waals surface area contributed by atoms with Gasteiger partial charge in [0.25, 0.3) is 5.91 Å². The first-order chi connectivity index (χ1) is 17.6. The Morgan fingerprint density at radius 3 is 2.67 bits per heavy atom. The van der Waals surface area contributed by atoms with Crippen LogP contribution in [0.2, 0.25) is 0 Å². The van der Waals surface area contributed by atoms with E-state index in [9.17, 15) is 4.79 Å². The molecule has 0 saturated carbocycles. The van der Waals surface area contributed by atoms with Gasteiger partial charge in [0, 0.05) is 12.1 Å². The van der Waals surface area contributed by atoms with Crippen LogP contribution in [0.1, 0.15) is 30.9 Å². The second-order valence-corrected chi connectivity index (χ2v) is 7.39. The number of carbonyl (C=O) groups excluding carboxylic acids is 1. The summed E-state index contributed by atoms with van der Waals surface area (Å²) in [5, 5.41) is 30.8. The molecule has 0 bridgehead atoms. The van der Waals surface area contributed by atoms with Gasteiger partial charge in [-0.2, -0.15) is 20.7 Å². The van der Waals surface area contributed by atoms with E-state index < -0.39 is 0 Å². The van der Waals surface area contributed by atoms with Crippen molar-refractivity contribution in [3.05, 3.63) is 53.6 Å². The van der Waals surface area contributed by atoms with Gasteiger partial charge >= 0.3 is 0 Å². The number of rotatable bonds is 10. The van der Waals surface area contributed by atoms with Crippen LogP contribution < -0.4 is 14.9 Å². The Hall–Kier alpha value is -4.90. The molecule has 11 heteroatoms. The van der Waals surface area contributed by atoms with Crippen LogP contribution >= 0.6 is 0 Å². The van der Waals surface area contributed by atoms with Gasteiger partial charge in [-0.25, -0.2) is 5.01 Å². The smallest absolute Gasteiger partial charge is 0.283 e. The lowest BCUT2D eigenvalue weighted by atomic mass is 10.0. The third-order valence-electron chi connectivity index (χ3n) is 4.99. The average Bonchev–Trinajstić information content (AvgIpc) is 2.92. The Morgan fingerprint density at radius 2 is 1.97 bits per heavy atom. The molecule has 0 fully saturated rings. The zero-order chi connectivity index (χ0) is 25.8. The van der Waals surface area contributed by atoms with Crippen molar-refractivity contribution >= 4 is 29.2 Å². The van der Waals surface area contributed by atoms with Crippen LogP contribution in [-0.2, 0) is 9.63 Å². The highest BCUT2D eigenvalue weighted by molar-refractivity contribution is 6.10. The highest BCUT2D eigenvalue weighted by Gasteiger charge is 2.20. The maximum Gasteiger partial charge on any atom is 0.283 e. The zero-order valence-corrected chi connectivity index (χ0v) is 20.0. The summed E-state index contributed by atoms with van der Waals surface area (Å²) in [5.74, 6) is 0.973. The van der Waals surface area contributed by atoms with Crippen LogP contribution in [0, 0.1) is 22.7 Å². The van der Waals surface area contributed by atoms with Crippen molar-refractivity contribution in [1.82, 2.24) is 5.01 Å². The normalized spacial score (nSPS) is 12.7. The molecular weight excluding hydrogens is 462 g/mol. The van der Waals surface area contributed by atoms with Crippen molar-refractivity contribution in [3.8, 4) is 23.6 Å².